The summed E-state index contributed by atoms with van der Waals surface area (Å²) in [6.45, 7) is 2.69. The first-order chi connectivity index (χ1) is 12.5. The smallest absolute Gasteiger partial charge is 0.228 e. The maximum Gasteiger partial charge on any atom is 0.228 e. The Balaban J connectivity index is 2.06. The molecule has 0 aliphatic rings. The van der Waals surface area contributed by atoms with Gasteiger partial charge in [0, 0.05) is 24.8 Å². The number of rotatable bonds is 7. The molecule has 2 heterocycles. The third-order valence-corrected chi connectivity index (χ3v) is 4.24. The van der Waals surface area contributed by atoms with Gasteiger partial charge in [-0.25, -0.2) is 9.97 Å². The fourth-order valence-corrected chi connectivity index (χ4v) is 3.13. The first-order valence-electron chi connectivity index (χ1n) is 7.87. The van der Waals surface area contributed by atoms with E-state index in [1.165, 1.54) is 0 Å². The van der Waals surface area contributed by atoms with E-state index in [1.54, 1.807) is 39.3 Å². The quantitative estimate of drug-likeness (QED) is 0.646. The minimum absolute atomic E-state index is 0.102. The molecule has 7 nitrogen and oxygen atoms in total. The zero-order valence-corrected chi connectivity index (χ0v) is 16.1. The van der Waals surface area contributed by atoms with E-state index in [1.807, 2.05) is 0 Å². The first-order valence-corrected chi connectivity index (χ1v) is 8.63. The van der Waals surface area contributed by atoms with Gasteiger partial charge >= 0.3 is 0 Å². The van der Waals surface area contributed by atoms with Gasteiger partial charge in [-0.1, -0.05) is 28.4 Å². The van der Waals surface area contributed by atoms with E-state index in [0.29, 0.717) is 57.3 Å². The molecular formula is C17H18Cl2N4O3. The lowest BCUT2D eigenvalue weighted by Gasteiger charge is -2.17. The number of nitrogens with one attached hydrogen (secondary N) is 1. The predicted molar refractivity (Wildman–Crippen MR) is 101 cm³/mol. The molecule has 3 aromatic rings. The molecule has 0 atom stereocenters. The summed E-state index contributed by atoms with van der Waals surface area (Å²) >= 11 is 12.3. The second-order valence-corrected chi connectivity index (χ2v) is 6.55. The maximum atomic E-state index is 6.31. The fourth-order valence-electron chi connectivity index (χ4n) is 2.63. The number of benzene rings is 1. The number of aryl methyl sites for hydroxylation is 1. The van der Waals surface area contributed by atoms with Crippen LogP contribution in [0.1, 0.15) is 5.82 Å². The Hall–Kier alpha value is -1.93. The van der Waals surface area contributed by atoms with Gasteiger partial charge in [-0.2, -0.15) is 0 Å². The van der Waals surface area contributed by atoms with Gasteiger partial charge in [0.1, 0.15) is 17.0 Å². The van der Waals surface area contributed by atoms with Crippen molar-refractivity contribution >= 4 is 40.1 Å². The molecule has 1 N–H and O–H groups in total. The lowest BCUT2D eigenvalue weighted by molar-refractivity contribution is 0.126. The number of nitrogens with zero attached hydrogens (tertiary/aromatic N) is 3. The molecule has 0 bridgehead atoms. The summed E-state index contributed by atoms with van der Waals surface area (Å²) in [6.07, 6.45) is 0. The van der Waals surface area contributed by atoms with Crippen LogP contribution >= 0.6 is 23.2 Å². The Bertz CT molecular complexity index is 910. The van der Waals surface area contributed by atoms with Crippen LogP contribution in [0.5, 0.6) is 0 Å². The average Bonchev–Trinajstić information content (AvgIpc) is 2.99. The highest BCUT2D eigenvalue weighted by atomic mass is 35.5. The molecule has 0 unspecified atom stereocenters. The first kappa shape index (κ1) is 18.8. The molecule has 0 saturated heterocycles. The Morgan fingerprint density at radius 1 is 1.15 bits per heavy atom. The SMILES string of the molecule is COCC(COC)Nc1nc(C)nc2c(-c3ccc(Cl)cc3Cl)noc12. The standard InChI is InChI=1S/C17H18Cl2N4O3/c1-9-20-15-14(12-5-4-10(18)6-13(12)19)23-26-16(15)17(21-9)22-11(7-24-2)8-25-3/h4-6,11H,7-8H2,1-3H3,(H,20,21,22). The minimum Gasteiger partial charge on any atom is -0.382 e. The molecule has 138 valence electrons. The van der Waals surface area contributed by atoms with Crippen molar-refractivity contribution in [2.75, 3.05) is 32.8 Å². The fraction of sp³-hybridized carbons (Fsp3) is 0.353. The lowest BCUT2D eigenvalue weighted by Crippen LogP contribution is -2.30. The topological polar surface area (TPSA) is 82.3 Å². The third kappa shape index (κ3) is 3.91. The van der Waals surface area contributed by atoms with Crippen LogP contribution in [0.3, 0.4) is 0 Å². The molecule has 26 heavy (non-hydrogen) atoms. The lowest BCUT2D eigenvalue weighted by atomic mass is 10.1. The van der Waals surface area contributed by atoms with E-state index in [-0.39, 0.29) is 6.04 Å². The van der Waals surface area contributed by atoms with Crippen LogP contribution in [-0.4, -0.2) is 48.6 Å². The zero-order valence-electron chi connectivity index (χ0n) is 14.5. The summed E-state index contributed by atoms with van der Waals surface area (Å²) in [5, 5.41) is 8.42. The van der Waals surface area contributed by atoms with Crippen LogP contribution in [-0.2, 0) is 9.47 Å². The monoisotopic (exact) mass is 396 g/mol. The molecule has 0 saturated carbocycles. The Morgan fingerprint density at radius 3 is 2.54 bits per heavy atom. The number of hydrogen-bond donors (Lipinski definition) is 1. The van der Waals surface area contributed by atoms with Crippen molar-refractivity contribution in [3.8, 4) is 11.3 Å². The molecule has 1 aromatic carbocycles. The van der Waals surface area contributed by atoms with Crippen LogP contribution in [0.25, 0.3) is 22.4 Å². The van der Waals surface area contributed by atoms with Gasteiger partial charge in [-0.3, -0.25) is 0 Å². The molecule has 0 aliphatic heterocycles. The van der Waals surface area contributed by atoms with Crippen molar-refractivity contribution in [3.63, 3.8) is 0 Å². The number of methoxy groups -OCH3 is 2. The highest BCUT2D eigenvalue weighted by molar-refractivity contribution is 6.36. The summed E-state index contributed by atoms with van der Waals surface area (Å²) in [5.74, 6) is 1.10. The molecule has 0 amide bonds. The second kappa shape index (κ2) is 8.18. The highest BCUT2D eigenvalue weighted by Crippen LogP contribution is 2.35. The summed E-state index contributed by atoms with van der Waals surface area (Å²) in [4.78, 5) is 8.90. The number of halogens is 2. The van der Waals surface area contributed by atoms with Crippen LogP contribution in [0.4, 0.5) is 5.82 Å². The van der Waals surface area contributed by atoms with Gasteiger partial charge in [-0.15, -0.1) is 0 Å². The molecule has 0 fully saturated rings. The van der Waals surface area contributed by atoms with E-state index in [0.717, 1.165) is 0 Å². The Labute approximate surface area is 160 Å². The number of aromatic nitrogens is 3. The van der Waals surface area contributed by atoms with Crippen LogP contribution in [0.15, 0.2) is 22.7 Å². The molecule has 0 radical (unpaired) electrons. The summed E-state index contributed by atoms with van der Waals surface area (Å²) < 4.78 is 15.9. The maximum absolute atomic E-state index is 6.31. The predicted octanol–water partition coefficient (Wildman–Crippen LogP) is 3.97. The zero-order chi connectivity index (χ0) is 18.7. The Morgan fingerprint density at radius 2 is 1.88 bits per heavy atom. The van der Waals surface area contributed by atoms with Crippen molar-refractivity contribution in [1.82, 2.24) is 15.1 Å². The summed E-state index contributed by atoms with van der Waals surface area (Å²) in [6, 6.07) is 5.07. The molecule has 0 spiro atoms. The van der Waals surface area contributed by atoms with Crippen molar-refractivity contribution in [2.45, 2.75) is 13.0 Å². The largest absolute Gasteiger partial charge is 0.382 e. The third-order valence-electron chi connectivity index (χ3n) is 3.69. The van der Waals surface area contributed by atoms with E-state index >= 15 is 0 Å². The van der Waals surface area contributed by atoms with Crippen LogP contribution in [0, 0.1) is 6.92 Å². The minimum atomic E-state index is -0.102. The molecule has 2 aromatic heterocycles. The normalized spacial score (nSPS) is 11.5. The van der Waals surface area contributed by atoms with E-state index in [9.17, 15) is 0 Å². The molecular weight excluding hydrogens is 379 g/mol. The summed E-state index contributed by atoms with van der Waals surface area (Å²) in [7, 11) is 3.25. The van der Waals surface area contributed by atoms with Crippen molar-refractivity contribution < 1.29 is 14.0 Å². The van der Waals surface area contributed by atoms with Crippen LogP contribution in [0.2, 0.25) is 10.0 Å². The number of anilines is 1. The molecule has 3 rings (SSSR count). The van der Waals surface area contributed by atoms with Crippen molar-refractivity contribution in [2.24, 2.45) is 0 Å². The number of ether oxygens (including phenoxy) is 2. The second-order valence-electron chi connectivity index (χ2n) is 5.70. The van der Waals surface area contributed by atoms with Gasteiger partial charge in [0.25, 0.3) is 0 Å². The number of hydrogen-bond acceptors (Lipinski definition) is 7. The van der Waals surface area contributed by atoms with Gasteiger partial charge < -0.3 is 19.3 Å². The van der Waals surface area contributed by atoms with E-state index < -0.39 is 0 Å². The van der Waals surface area contributed by atoms with E-state index in [2.05, 4.69) is 20.4 Å². The molecule has 0 aliphatic carbocycles. The van der Waals surface area contributed by atoms with Crippen LogP contribution < -0.4 is 5.32 Å². The van der Waals surface area contributed by atoms with E-state index in [4.69, 9.17) is 37.2 Å². The summed E-state index contributed by atoms with van der Waals surface area (Å²) in [5.41, 5.74) is 2.22. The van der Waals surface area contributed by atoms with Crippen molar-refractivity contribution in [3.05, 3.63) is 34.1 Å². The van der Waals surface area contributed by atoms with Gasteiger partial charge in [0.15, 0.2) is 5.82 Å². The highest BCUT2D eigenvalue weighted by Gasteiger charge is 2.21. The van der Waals surface area contributed by atoms with Gasteiger partial charge in [0.05, 0.1) is 24.3 Å². The van der Waals surface area contributed by atoms with Crippen molar-refractivity contribution in [1.29, 1.82) is 0 Å². The van der Waals surface area contributed by atoms with Gasteiger partial charge in [0.2, 0.25) is 5.58 Å². The average molecular weight is 397 g/mol. The number of fused-ring (bicyclic) bond motifs is 1. The molecule has 9 heteroatoms. The Kier molecular flexibility index (Phi) is 5.93. The van der Waals surface area contributed by atoms with Gasteiger partial charge in [-0.05, 0) is 25.1 Å².